The Morgan fingerprint density at radius 1 is 1.08 bits per heavy atom. The summed E-state index contributed by atoms with van der Waals surface area (Å²) in [5, 5.41) is 7.49. The van der Waals surface area contributed by atoms with Crippen LogP contribution in [0.2, 0.25) is 0 Å². The van der Waals surface area contributed by atoms with Gasteiger partial charge < -0.3 is 10.6 Å². The van der Waals surface area contributed by atoms with Gasteiger partial charge >= 0.3 is 6.03 Å². The number of hydrogen-bond acceptors (Lipinski definition) is 6. The summed E-state index contributed by atoms with van der Waals surface area (Å²) in [6.07, 6.45) is -0.0638. The molecule has 1 saturated heterocycles. The molecule has 1 unspecified atom stereocenters. The maximum Gasteiger partial charge on any atom is 0.346 e. The van der Waals surface area contributed by atoms with Crippen LogP contribution >= 0.6 is 11.3 Å². The van der Waals surface area contributed by atoms with Gasteiger partial charge in [0.1, 0.15) is 16.5 Å². The van der Waals surface area contributed by atoms with Gasteiger partial charge in [-0.15, -0.1) is 0 Å². The van der Waals surface area contributed by atoms with Crippen molar-refractivity contribution in [3.8, 4) is 11.3 Å². The highest BCUT2D eigenvalue weighted by Crippen LogP contribution is 2.36. The number of urea groups is 1. The predicted octanol–water partition coefficient (Wildman–Crippen LogP) is 5.87. The molecule has 2 aliphatic rings. The van der Waals surface area contributed by atoms with E-state index in [9.17, 15) is 14.0 Å². The lowest BCUT2D eigenvalue weighted by atomic mass is 10.0. The van der Waals surface area contributed by atoms with E-state index in [0.717, 1.165) is 23.1 Å². The van der Waals surface area contributed by atoms with Gasteiger partial charge in [-0.25, -0.2) is 19.2 Å². The Bertz CT molecular complexity index is 1490. The normalized spacial score (nSPS) is 20.7. The number of carbonyl (C=O) groups excluding carboxylic acids is 2. The number of rotatable bonds is 5. The number of hydroxylamine groups is 2. The van der Waals surface area contributed by atoms with Crippen LogP contribution in [0.5, 0.6) is 0 Å². The molecule has 37 heavy (non-hydrogen) atoms. The van der Waals surface area contributed by atoms with E-state index in [1.165, 1.54) is 16.4 Å². The second kappa shape index (κ2) is 9.53. The third-order valence-electron chi connectivity index (χ3n) is 6.60. The highest BCUT2D eigenvalue weighted by Gasteiger charge is 2.44. The zero-order valence-electron chi connectivity index (χ0n) is 20.0. The average molecular weight is 518 g/mol. The van der Waals surface area contributed by atoms with Crippen molar-refractivity contribution in [2.45, 2.75) is 32.0 Å². The fourth-order valence-electron chi connectivity index (χ4n) is 4.40. The van der Waals surface area contributed by atoms with E-state index in [1.54, 1.807) is 0 Å². The lowest BCUT2D eigenvalue weighted by Crippen LogP contribution is -2.33. The van der Waals surface area contributed by atoms with Crippen molar-refractivity contribution in [1.82, 2.24) is 15.0 Å². The Labute approximate surface area is 216 Å². The monoisotopic (exact) mass is 517 g/mol. The van der Waals surface area contributed by atoms with Gasteiger partial charge in [0.15, 0.2) is 5.13 Å². The third-order valence-corrected chi connectivity index (χ3v) is 7.48. The van der Waals surface area contributed by atoms with E-state index < -0.39 is 12.1 Å². The Morgan fingerprint density at radius 2 is 1.89 bits per heavy atom. The molecule has 6 rings (SSSR count). The fourth-order valence-corrected chi connectivity index (χ4v) is 5.24. The van der Waals surface area contributed by atoms with Crippen molar-refractivity contribution < 1.29 is 18.8 Å². The largest absolute Gasteiger partial charge is 0.346 e. The number of fused-ring (bicyclic) bond motifs is 1. The minimum absolute atomic E-state index is 0.148. The summed E-state index contributed by atoms with van der Waals surface area (Å²) in [7, 11) is 0. The first kappa shape index (κ1) is 23.5. The van der Waals surface area contributed by atoms with Crippen LogP contribution in [0.1, 0.15) is 30.0 Å². The molecule has 2 fully saturated rings. The van der Waals surface area contributed by atoms with Gasteiger partial charge in [0.25, 0.3) is 0 Å². The van der Waals surface area contributed by atoms with E-state index in [4.69, 9.17) is 9.82 Å². The number of hydrogen-bond donors (Lipinski definition) is 2. The van der Waals surface area contributed by atoms with Crippen LogP contribution in [0, 0.1) is 12.8 Å². The number of aryl methyl sites for hydroxylation is 1. The molecule has 0 radical (unpaired) electrons. The molecule has 3 amide bonds. The molecular weight excluding hydrogens is 493 g/mol. The summed E-state index contributed by atoms with van der Waals surface area (Å²) in [6.45, 7) is 2.40. The second-order valence-electron chi connectivity index (χ2n) is 9.22. The number of nitrogens with one attached hydrogen (secondary N) is 2. The first-order valence-corrected chi connectivity index (χ1v) is 12.9. The number of aromatic nitrogens is 2. The van der Waals surface area contributed by atoms with E-state index in [1.807, 2.05) is 67.6 Å². The Kier molecular flexibility index (Phi) is 6.05. The zero-order chi connectivity index (χ0) is 25.5. The third kappa shape index (κ3) is 4.77. The SMILES string of the molecule is Cc1ccc(-c2ccc3nc(NC(=O)[C@@H]4C[C@@H]4F)sc3n2)cc1NC(=O)N1OCCC1c1ccccc1. The number of benzene rings is 2. The number of alkyl halides is 1. The van der Waals surface area contributed by atoms with Crippen LogP contribution < -0.4 is 10.6 Å². The molecule has 4 aromatic rings. The van der Waals surface area contributed by atoms with Crippen LogP contribution in [-0.2, 0) is 9.63 Å². The molecular formula is C27H24FN5O3S. The quantitative estimate of drug-likeness (QED) is 0.345. The molecule has 0 spiro atoms. The summed E-state index contributed by atoms with van der Waals surface area (Å²) in [5.74, 6) is -0.923. The van der Waals surface area contributed by atoms with E-state index in [0.29, 0.717) is 33.5 Å². The van der Waals surface area contributed by atoms with Gasteiger partial charge in [0.2, 0.25) is 5.91 Å². The molecule has 1 aliphatic heterocycles. The summed E-state index contributed by atoms with van der Waals surface area (Å²) < 4.78 is 13.2. The first-order chi connectivity index (χ1) is 18.0. The predicted molar refractivity (Wildman–Crippen MR) is 140 cm³/mol. The Morgan fingerprint density at radius 3 is 2.68 bits per heavy atom. The number of anilines is 2. The van der Waals surface area contributed by atoms with Crippen LogP contribution in [0.3, 0.4) is 0 Å². The van der Waals surface area contributed by atoms with E-state index in [2.05, 4.69) is 15.6 Å². The highest BCUT2D eigenvalue weighted by molar-refractivity contribution is 7.22. The van der Waals surface area contributed by atoms with Gasteiger partial charge in [-0.2, -0.15) is 5.06 Å². The molecule has 2 N–H and O–H groups in total. The van der Waals surface area contributed by atoms with Crippen molar-refractivity contribution in [1.29, 1.82) is 0 Å². The lowest BCUT2D eigenvalue weighted by molar-refractivity contribution is -0.117. The van der Waals surface area contributed by atoms with Gasteiger partial charge in [-0.3, -0.25) is 9.63 Å². The van der Waals surface area contributed by atoms with Gasteiger partial charge in [0.05, 0.1) is 24.3 Å². The summed E-state index contributed by atoms with van der Waals surface area (Å²) in [4.78, 5) is 40.6. The van der Waals surface area contributed by atoms with E-state index in [-0.39, 0.29) is 24.4 Å². The molecule has 188 valence electrons. The summed E-state index contributed by atoms with van der Waals surface area (Å²) in [5.41, 5.74) is 4.77. The number of thiazole rings is 1. The number of halogens is 1. The molecule has 2 aromatic carbocycles. The molecule has 2 aromatic heterocycles. The second-order valence-corrected chi connectivity index (χ2v) is 10.2. The number of nitrogens with zero attached hydrogens (tertiary/aromatic N) is 3. The number of pyridine rings is 1. The molecule has 3 heterocycles. The maximum atomic E-state index is 13.2. The molecule has 1 aliphatic carbocycles. The Hall–Kier alpha value is -3.89. The molecule has 10 heteroatoms. The molecule has 3 atom stereocenters. The minimum atomic E-state index is -1.06. The van der Waals surface area contributed by atoms with Crippen molar-refractivity contribution in [2.75, 3.05) is 17.2 Å². The van der Waals surface area contributed by atoms with Crippen LogP contribution in [0.25, 0.3) is 21.6 Å². The number of amides is 3. The van der Waals surface area contributed by atoms with Crippen molar-refractivity contribution in [2.24, 2.45) is 5.92 Å². The molecule has 8 nitrogen and oxygen atoms in total. The standard InChI is InChI=1S/C27H24FN5O3S/c1-15-7-8-17(13-22(15)31-27(35)33-23(11-12-36-33)16-5-3-2-4-6-16)20-9-10-21-25(29-20)37-26(30-21)32-24(34)18-14-19(18)28/h2-10,13,18-19,23H,11-12,14H2,1H3,(H,31,35)(H,30,32,34)/t18-,19+,23?/m1/s1. The first-order valence-electron chi connectivity index (χ1n) is 12.1. The Balaban J connectivity index is 1.21. The van der Waals surface area contributed by atoms with Crippen LogP contribution in [0.15, 0.2) is 60.7 Å². The summed E-state index contributed by atoms with van der Waals surface area (Å²) >= 11 is 1.24. The number of carbonyl (C=O) groups is 2. The fraction of sp³-hybridized carbons (Fsp3) is 0.259. The van der Waals surface area contributed by atoms with E-state index >= 15 is 0 Å². The van der Waals surface area contributed by atoms with Crippen molar-refractivity contribution in [3.63, 3.8) is 0 Å². The van der Waals surface area contributed by atoms with Gasteiger partial charge in [0, 0.05) is 17.7 Å². The smallest absolute Gasteiger partial charge is 0.306 e. The van der Waals surface area contributed by atoms with Crippen molar-refractivity contribution >= 4 is 44.4 Å². The molecule has 1 saturated carbocycles. The van der Waals surface area contributed by atoms with Crippen LogP contribution in [-0.4, -0.2) is 39.7 Å². The lowest BCUT2D eigenvalue weighted by Gasteiger charge is -2.23. The zero-order valence-corrected chi connectivity index (χ0v) is 20.8. The van der Waals surface area contributed by atoms with Gasteiger partial charge in [-0.05, 0) is 42.7 Å². The highest BCUT2D eigenvalue weighted by atomic mass is 32.1. The summed E-state index contributed by atoms with van der Waals surface area (Å²) in [6, 6.07) is 18.8. The minimum Gasteiger partial charge on any atom is -0.306 e. The topological polar surface area (TPSA) is 96.4 Å². The average Bonchev–Trinajstić information content (AvgIpc) is 3.28. The molecule has 0 bridgehead atoms. The van der Waals surface area contributed by atoms with Crippen LogP contribution in [0.4, 0.5) is 20.0 Å². The van der Waals surface area contributed by atoms with Gasteiger partial charge in [-0.1, -0.05) is 53.8 Å². The van der Waals surface area contributed by atoms with Crippen molar-refractivity contribution in [3.05, 3.63) is 71.8 Å². The maximum absolute atomic E-state index is 13.2.